The highest BCUT2D eigenvalue weighted by atomic mass is 32.1. The molecule has 0 spiro atoms. The summed E-state index contributed by atoms with van der Waals surface area (Å²) in [6.07, 6.45) is 3.24. The summed E-state index contributed by atoms with van der Waals surface area (Å²) >= 11 is 1.71. The van der Waals surface area contributed by atoms with Gasteiger partial charge in [0.25, 0.3) is 0 Å². The first-order valence-electron chi connectivity index (χ1n) is 4.01. The van der Waals surface area contributed by atoms with Gasteiger partial charge < -0.3 is 0 Å². The van der Waals surface area contributed by atoms with Gasteiger partial charge in [-0.1, -0.05) is 0 Å². The van der Waals surface area contributed by atoms with Gasteiger partial charge in [-0.05, 0) is 13.8 Å². The van der Waals surface area contributed by atoms with Gasteiger partial charge in [0, 0.05) is 4.88 Å². The SMILES string of the molecule is Cc1nc(Cn2cncn2)sc1C. The molecule has 2 aromatic rings. The molecule has 0 radical (unpaired) electrons. The van der Waals surface area contributed by atoms with Gasteiger partial charge in [0.2, 0.25) is 0 Å². The summed E-state index contributed by atoms with van der Waals surface area (Å²) in [5.74, 6) is 0. The molecule has 2 aromatic heterocycles. The number of thiazole rings is 1. The van der Waals surface area contributed by atoms with Crippen molar-refractivity contribution in [3.8, 4) is 0 Å². The molecule has 0 amide bonds. The first-order chi connectivity index (χ1) is 6.25. The molecule has 0 atom stereocenters. The Balaban J connectivity index is 2.19. The summed E-state index contributed by atoms with van der Waals surface area (Å²) in [5.41, 5.74) is 1.11. The second-order valence-corrected chi connectivity index (χ2v) is 4.13. The van der Waals surface area contributed by atoms with Crippen molar-refractivity contribution >= 4 is 11.3 Å². The second kappa shape index (κ2) is 3.26. The standard InChI is InChI=1S/C8H10N4S/c1-6-7(2)13-8(11-6)3-12-5-9-4-10-12/h4-5H,3H2,1-2H3. The van der Waals surface area contributed by atoms with Gasteiger partial charge in [0.1, 0.15) is 17.7 Å². The molecule has 0 aliphatic heterocycles. The molecule has 0 aliphatic rings. The Hall–Kier alpha value is -1.23. The third-order valence-corrected chi connectivity index (χ3v) is 2.89. The predicted molar refractivity (Wildman–Crippen MR) is 50.7 cm³/mol. The van der Waals surface area contributed by atoms with Crippen molar-refractivity contribution in [2.24, 2.45) is 0 Å². The topological polar surface area (TPSA) is 43.6 Å². The van der Waals surface area contributed by atoms with Gasteiger partial charge in [0.05, 0.1) is 12.2 Å². The van der Waals surface area contributed by atoms with Crippen LogP contribution in [0.3, 0.4) is 0 Å². The van der Waals surface area contributed by atoms with Crippen molar-refractivity contribution < 1.29 is 0 Å². The van der Waals surface area contributed by atoms with Gasteiger partial charge >= 0.3 is 0 Å². The highest BCUT2D eigenvalue weighted by molar-refractivity contribution is 7.11. The zero-order valence-corrected chi connectivity index (χ0v) is 8.38. The molecule has 0 aliphatic carbocycles. The molecular formula is C8H10N4S. The van der Waals surface area contributed by atoms with Crippen LogP contribution in [0.25, 0.3) is 0 Å². The average Bonchev–Trinajstić information content (AvgIpc) is 2.64. The van der Waals surface area contributed by atoms with Crippen LogP contribution >= 0.6 is 11.3 Å². The second-order valence-electron chi connectivity index (χ2n) is 2.84. The average molecular weight is 194 g/mol. The molecule has 0 unspecified atom stereocenters. The first kappa shape index (κ1) is 8.37. The van der Waals surface area contributed by atoms with Crippen molar-refractivity contribution in [2.45, 2.75) is 20.4 Å². The van der Waals surface area contributed by atoms with Crippen molar-refractivity contribution in [3.05, 3.63) is 28.2 Å². The largest absolute Gasteiger partial charge is 0.246 e. The maximum absolute atomic E-state index is 4.42. The summed E-state index contributed by atoms with van der Waals surface area (Å²) in [6, 6.07) is 0. The minimum atomic E-state index is 0.722. The number of aromatic nitrogens is 4. The molecule has 13 heavy (non-hydrogen) atoms. The zero-order chi connectivity index (χ0) is 9.26. The summed E-state index contributed by atoms with van der Waals surface area (Å²) < 4.78 is 1.78. The number of hydrogen-bond acceptors (Lipinski definition) is 4. The quantitative estimate of drug-likeness (QED) is 0.725. The fraction of sp³-hybridized carbons (Fsp3) is 0.375. The number of hydrogen-bond donors (Lipinski definition) is 0. The third-order valence-electron chi connectivity index (χ3n) is 1.84. The Kier molecular flexibility index (Phi) is 2.10. The molecule has 2 heterocycles. The lowest BCUT2D eigenvalue weighted by Crippen LogP contribution is -1.99. The smallest absolute Gasteiger partial charge is 0.137 e. The van der Waals surface area contributed by atoms with Crippen molar-refractivity contribution in [3.63, 3.8) is 0 Å². The lowest BCUT2D eigenvalue weighted by molar-refractivity contribution is 0.680. The summed E-state index contributed by atoms with van der Waals surface area (Å²) in [4.78, 5) is 9.56. The van der Waals surface area contributed by atoms with Crippen molar-refractivity contribution in [1.29, 1.82) is 0 Å². The van der Waals surface area contributed by atoms with Gasteiger partial charge in [-0.15, -0.1) is 11.3 Å². The number of rotatable bonds is 2. The highest BCUT2D eigenvalue weighted by Gasteiger charge is 2.03. The van der Waals surface area contributed by atoms with Crippen LogP contribution in [0.15, 0.2) is 12.7 Å². The number of nitrogens with zero attached hydrogens (tertiary/aromatic N) is 4. The van der Waals surface area contributed by atoms with E-state index in [-0.39, 0.29) is 0 Å². The van der Waals surface area contributed by atoms with Crippen molar-refractivity contribution in [1.82, 2.24) is 19.7 Å². The van der Waals surface area contributed by atoms with E-state index in [0.29, 0.717) is 0 Å². The summed E-state index contributed by atoms with van der Waals surface area (Å²) in [6.45, 7) is 4.83. The fourth-order valence-electron chi connectivity index (χ4n) is 1.06. The first-order valence-corrected chi connectivity index (χ1v) is 4.82. The van der Waals surface area contributed by atoms with Gasteiger partial charge in [0.15, 0.2) is 0 Å². The molecular weight excluding hydrogens is 184 g/mol. The van der Waals surface area contributed by atoms with E-state index < -0.39 is 0 Å². The maximum atomic E-state index is 4.42. The monoisotopic (exact) mass is 194 g/mol. The highest BCUT2D eigenvalue weighted by Crippen LogP contribution is 2.16. The maximum Gasteiger partial charge on any atom is 0.137 e. The van der Waals surface area contributed by atoms with Crippen LogP contribution in [0.4, 0.5) is 0 Å². The normalized spacial score (nSPS) is 10.6. The Bertz CT molecular complexity index is 371. The molecule has 4 nitrogen and oxygen atoms in total. The lowest BCUT2D eigenvalue weighted by atomic mass is 10.4. The summed E-state index contributed by atoms with van der Waals surface area (Å²) in [7, 11) is 0. The molecule has 68 valence electrons. The molecule has 0 N–H and O–H groups in total. The van der Waals surface area contributed by atoms with E-state index in [1.165, 1.54) is 11.2 Å². The third kappa shape index (κ3) is 1.75. The van der Waals surface area contributed by atoms with E-state index in [4.69, 9.17) is 0 Å². The van der Waals surface area contributed by atoms with Crippen LogP contribution in [0.2, 0.25) is 0 Å². The molecule has 0 aromatic carbocycles. The summed E-state index contributed by atoms with van der Waals surface area (Å²) in [5, 5.41) is 5.11. The zero-order valence-electron chi connectivity index (χ0n) is 7.56. The van der Waals surface area contributed by atoms with E-state index in [0.717, 1.165) is 17.2 Å². The molecule has 2 rings (SSSR count). The van der Waals surface area contributed by atoms with E-state index in [2.05, 4.69) is 22.0 Å². The Morgan fingerprint density at radius 2 is 2.31 bits per heavy atom. The molecule has 0 saturated carbocycles. The Morgan fingerprint density at radius 1 is 1.46 bits per heavy atom. The fourth-order valence-corrected chi connectivity index (χ4v) is 1.99. The van der Waals surface area contributed by atoms with Crippen LogP contribution in [0, 0.1) is 13.8 Å². The van der Waals surface area contributed by atoms with E-state index in [9.17, 15) is 0 Å². The minimum absolute atomic E-state index is 0.722. The lowest BCUT2D eigenvalue weighted by Gasteiger charge is -1.93. The predicted octanol–water partition coefficient (Wildman–Crippen LogP) is 1.40. The van der Waals surface area contributed by atoms with Crippen LogP contribution in [-0.4, -0.2) is 19.7 Å². The van der Waals surface area contributed by atoms with E-state index in [1.807, 2.05) is 6.92 Å². The molecule has 5 heteroatoms. The van der Waals surface area contributed by atoms with Crippen LogP contribution in [-0.2, 0) is 6.54 Å². The van der Waals surface area contributed by atoms with E-state index in [1.54, 1.807) is 22.3 Å². The molecule has 0 fully saturated rings. The Labute approximate surface area is 80.3 Å². The number of aryl methyl sites for hydroxylation is 2. The van der Waals surface area contributed by atoms with Crippen LogP contribution in [0.5, 0.6) is 0 Å². The van der Waals surface area contributed by atoms with Crippen molar-refractivity contribution in [2.75, 3.05) is 0 Å². The Morgan fingerprint density at radius 3 is 2.85 bits per heavy atom. The van der Waals surface area contributed by atoms with E-state index >= 15 is 0 Å². The molecule has 0 saturated heterocycles. The van der Waals surface area contributed by atoms with Gasteiger partial charge in [-0.25, -0.2) is 14.6 Å². The molecule has 0 bridgehead atoms. The minimum Gasteiger partial charge on any atom is -0.246 e. The van der Waals surface area contributed by atoms with Crippen LogP contribution < -0.4 is 0 Å². The van der Waals surface area contributed by atoms with Gasteiger partial charge in [-0.2, -0.15) is 5.10 Å². The van der Waals surface area contributed by atoms with Gasteiger partial charge in [-0.3, -0.25) is 0 Å². The van der Waals surface area contributed by atoms with Crippen LogP contribution in [0.1, 0.15) is 15.6 Å².